The molecule has 0 spiro atoms. The molecule has 0 radical (unpaired) electrons. The van der Waals surface area contributed by atoms with E-state index in [2.05, 4.69) is 16.4 Å². The van der Waals surface area contributed by atoms with Gasteiger partial charge in [-0.1, -0.05) is 18.2 Å². The van der Waals surface area contributed by atoms with Crippen molar-refractivity contribution in [2.24, 2.45) is 7.05 Å². The fraction of sp³-hybridized carbons (Fsp3) is 0.250. The van der Waals surface area contributed by atoms with Crippen molar-refractivity contribution in [3.05, 3.63) is 72.8 Å². The molecule has 0 fully saturated rings. The molecular weight excluding hydrogens is 406 g/mol. The van der Waals surface area contributed by atoms with E-state index < -0.39 is 0 Å². The minimum absolute atomic E-state index is 0.0477. The van der Waals surface area contributed by atoms with Gasteiger partial charge in [-0.25, -0.2) is 4.98 Å². The molecule has 3 aromatic rings. The molecular formula is C24H25N5O3. The number of amides is 2. The van der Waals surface area contributed by atoms with Crippen LogP contribution in [-0.2, 0) is 23.2 Å². The maximum Gasteiger partial charge on any atom is 0.227 e. The van der Waals surface area contributed by atoms with Gasteiger partial charge in [0.15, 0.2) is 0 Å². The number of carbonyl (C=O) groups is 2. The molecule has 32 heavy (non-hydrogen) atoms. The molecule has 0 saturated carbocycles. The number of nitrogens with one attached hydrogen (secondary N) is 1. The second-order valence-electron chi connectivity index (χ2n) is 7.10. The van der Waals surface area contributed by atoms with E-state index in [0.29, 0.717) is 30.3 Å². The number of nitrogens with zero attached hydrogens (tertiary/aromatic N) is 4. The van der Waals surface area contributed by atoms with Crippen LogP contribution in [0.1, 0.15) is 25.1 Å². The van der Waals surface area contributed by atoms with Crippen LogP contribution < -0.4 is 15.0 Å². The van der Waals surface area contributed by atoms with Gasteiger partial charge in [-0.05, 0) is 36.4 Å². The van der Waals surface area contributed by atoms with E-state index in [4.69, 9.17) is 10.00 Å². The van der Waals surface area contributed by atoms with Gasteiger partial charge in [0.05, 0.1) is 12.5 Å². The molecule has 1 aromatic heterocycles. The Balaban J connectivity index is 1.48. The Bertz CT molecular complexity index is 1070. The average Bonchev–Trinajstić information content (AvgIpc) is 3.23. The van der Waals surface area contributed by atoms with Crippen LogP contribution in [0.2, 0.25) is 0 Å². The van der Waals surface area contributed by atoms with Crippen molar-refractivity contribution in [2.75, 3.05) is 16.8 Å². The maximum absolute atomic E-state index is 12.7. The van der Waals surface area contributed by atoms with E-state index in [1.165, 1.54) is 0 Å². The van der Waals surface area contributed by atoms with Gasteiger partial charge in [0.1, 0.15) is 18.2 Å². The van der Waals surface area contributed by atoms with E-state index in [-0.39, 0.29) is 31.1 Å². The zero-order valence-corrected chi connectivity index (χ0v) is 17.9. The number of carbonyl (C=O) groups excluding carboxylic acids is 2. The molecule has 2 aromatic carbocycles. The Hall–Kier alpha value is -4.12. The Morgan fingerprint density at radius 1 is 1.12 bits per heavy atom. The van der Waals surface area contributed by atoms with Gasteiger partial charge >= 0.3 is 0 Å². The van der Waals surface area contributed by atoms with Crippen LogP contribution in [0.25, 0.3) is 0 Å². The molecule has 0 bridgehead atoms. The highest BCUT2D eigenvalue weighted by Crippen LogP contribution is 2.18. The first kappa shape index (κ1) is 22.6. The zero-order valence-electron chi connectivity index (χ0n) is 17.9. The molecule has 8 heteroatoms. The van der Waals surface area contributed by atoms with Crippen molar-refractivity contribution in [1.29, 1.82) is 5.26 Å². The Morgan fingerprint density at radius 3 is 2.53 bits per heavy atom. The summed E-state index contributed by atoms with van der Waals surface area (Å²) in [6.45, 7) is 0.641. The highest BCUT2D eigenvalue weighted by Gasteiger charge is 2.16. The number of aromatic nitrogens is 2. The van der Waals surface area contributed by atoms with Gasteiger partial charge in [-0.15, -0.1) is 0 Å². The van der Waals surface area contributed by atoms with Crippen molar-refractivity contribution in [1.82, 2.24) is 9.55 Å². The number of hydrogen-bond acceptors (Lipinski definition) is 5. The second kappa shape index (κ2) is 11.3. The fourth-order valence-corrected chi connectivity index (χ4v) is 3.06. The van der Waals surface area contributed by atoms with Crippen molar-refractivity contribution >= 4 is 23.2 Å². The molecule has 1 N–H and O–H groups in total. The predicted octanol–water partition coefficient (Wildman–Crippen LogP) is 3.66. The van der Waals surface area contributed by atoms with Crippen LogP contribution in [0.5, 0.6) is 5.75 Å². The maximum atomic E-state index is 12.7. The molecule has 0 atom stereocenters. The van der Waals surface area contributed by atoms with Gasteiger partial charge in [0.25, 0.3) is 0 Å². The quantitative estimate of drug-likeness (QED) is 0.528. The molecule has 164 valence electrons. The third-order valence-electron chi connectivity index (χ3n) is 4.81. The zero-order chi connectivity index (χ0) is 22.8. The number of nitriles is 1. The lowest BCUT2D eigenvalue weighted by atomic mass is 10.2. The smallest absolute Gasteiger partial charge is 0.227 e. The van der Waals surface area contributed by atoms with Crippen LogP contribution in [0.3, 0.4) is 0 Å². The van der Waals surface area contributed by atoms with E-state index in [1.54, 1.807) is 35.4 Å². The molecule has 0 aliphatic rings. The summed E-state index contributed by atoms with van der Waals surface area (Å²) in [4.78, 5) is 30.7. The van der Waals surface area contributed by atoms with E-state index in [0.717, 1.165) is 5.82 Å². The molecule has 8 nitrogen and oxygen atoms in total. The molecule has 0 saturated heterocycles. The van der Waals surface area contributed by atoms with Crippen LogP contribution in [-0.4, -0.2) is 27.9 Å². The summed E-state index contributed by atoms with van der Waals surface area (Å²) in [6.07, 6.45) is 3.89. The van der Waals surface area contributed by atoms with Crippen molar-refractivity contribution in [2.45, 2.75) is 25.9 Å². The number of ether oxygens (including phenoxy) is 1. The topological polar surface area (TPSA) is 100 Å². The Morgan fingerprint density at radius 2 is 1.88 bits per heavy atom. The van der Waals surface area contributed by atoms with Crippen LogP contribution in [0.15, 0.2) is 67.0 Å². The highest BCUT2D eigenvalue weighted by atomic mass is 16.5. The lowest BCUT2D eigenvalue weighted by Crippen LogP contribution is -2.32. The van der Waals surface area contributed by atoms with Crippen molar-refractivity contribution in [3.8, 4) is 11.8 Å². The summed E-state index contributed by atoms with van der Waals surface area (Å²) in [5.74, 6) is 1.02. The Kier molecular flexibility index (Phi) is 7.98. The summed E-state index contributed by atoms with van der Waals surface area (Å²) >= 11 is 0. The highest BCUT2D eigenvalue weighted by molar-refractivity contribution is 5.98. The number of aryl methyl sites for hydroxylation is 1. The molecule has 0 aliphatic carbocycles. The third-order valence-corrected chi connectivity index (χ3v) is 4.81. The van der Waals surface area contributed by atoms with Gasteiger partial charge in [-0.3, -0.25) is 9.59 Å². The van der Waals surface area contributed by atoms with Crippen LogP contribution >= 0.6 is 0 Å². The number of rotatable bonds is 10. The lowest BCUT2D eigenvalue weighted by Gasteiger charge is -2.21. The van der Waals surface area contributed by atoms with Gasteiger partial charge < -0.3 is 19.5 Å². The van der Waals surface area contributed by atoms with Crippen molar-refractivity contribution in [3.63, 3.8) is 0 Å². The first-order chi connectivity index (χ1) is 15.6. The first-order valence-electron chi connectivity index (χ1n) is 10.3. The van der Waals surface area contributed by atoms with Crippen molar-refractivity contribution < 1.29 is 14.3 Å². The predicted molar refractivity (Wildman–Crippen MR) is 121 cm³/mol. The van der Waals surface area contributed by atoms with Gasteiger partial charge in [0, 0.05) is 50.2 Å². The number of benzene rings is 2. The second-order valence-corrected chi connectivity index (χ2v) is 7.10. The van der Waals surface area contributed by atoms with Gasteiger partial charge in [-0.2, -0.15) is 5.26 Å². The standard InChI is InChI=1S/C24H25N5O3/c1-28-17-15-26-22(28)18-32-21-10-8-19(9-11-21)27-23(30)12-13-24(31)29(16-5-14-25)20-6-3-2-4-7-20/h2-4,6-11,15,17H,5,12-13,16,18H2,1H3,(H,27,30). The summed E-state index contributed by atoms with van der Waals surface area (Å²) < 4.78 is 7.59. The summed E-state index contributed by atoms with van der Waals surface area (Å²) in [5, 5.41) is 11.7. The number of anilines is 2. The van der Waals surface area contributed by atoms with E-state index >= 15 is 0 Å². The summed E-state index contributed by atoms with van der Waals surface area (Å²) in [6, 6.07) is 18.2. The monoisotopic (exact) mass is 431 g/mol. The lowest BCUT2D eigenvalue weighted by molar-refractivity contribution is -0.122. The summed E-state index contributed by atoms with van der Waals surface area (Å²) in [7, 11) is 1.90. The fourth-order valence-electron chi connectivity index (χ4n) is 3.06. The number of para-hydroxylation sites is 1. The molecule has 2 amide bonds. The molecule has 3 rings (SSSR count). The Labute approximate surface area is 187 Å². The summed E-state index contributed by atoms with van der Waals surface area (Å²) in [5.41, 5.74) is 1.34. The number of hydrogen-bond donors (Lipinski definition) is 1. The van der Waals surface area contributed by atoms with Gasteiger partial charge in [0.2, 0.25) is 11.8 Å². The number of imidazole rings is 1. The van der Waals surface area contributed by atoms with E-state index in [9.17, 15) is 9.59 Å². The average molecular weight is 431 g/mol. The minimum Gasteiger partial charge on any atom is -0.486 e. The van der Waals surface area contributed by atoms with Crippen LogP contribution in [0.4, 0.5) is 11.4 Å². The molecule has 0 aliphatic heterocycles. The van der Waals surface area contributed by atoms with Crippen LogP contribution in [0, 0.1) is 11.3 Å². The third kappa shape index (κ3) is 6.44. The van der Waals surface area contributed by atoms with E-state index in [1.807, 2.05) is 48.1 Å². The molecule has 0 unspecified atom stereocenters. The SMILES string of the molecule is Cn1ccnc1COc1ccc(NC(=O)CCC(=O)N(CCC#N)c2ccccc2)cc1. The minimum atomic E-state index is -0.256. The molecule has 1 heterocycles. The first-order valence-corrected chi connectivity index (χ1v) is 10.3. The normalized spacial score (nSPS) is 10.2. The largest absolute Gasteiger partial charge is 0.486 e.